The SMILES string of the molecule is CC(C)(CCN)c1nccc(C2CCC2)n1. The van der Waals surface area contributed by atoms with Crippen molar-refractivity contribution in [3.8, 4) is 0 Å². The fourth-order valence-electron chi connectivity index (χ4n) is 2.10. The molecule has 0 aliphatic heterocycles. The molecule has 16 heavy (non-hydrogen) atoms. The Morgan fingerprint density at radius 3 is 2.75 bits per heavy atom. The lowest BCUT2D eigenvalue weighted by Crippen LogP contribution is -2.25. The van der Waals surface area contributed by atoms with E-state index in [4.69, 9.17) is 10.7 Å². The lowest BCUT2D eigenvalue weighted by atomic mass is 9.82. The largest absolute Gasteiger partial charge is 0.330 e. The fourth-order valence-corrected chi connectivity index (χ4v) is 2.10. The summed E-state index contributed by atoms with van der Waals surface area (Å²) in [7, 11) is 0. The highest BCUT2D eigenvalue weighted by Gasteiger charge is 2.26. The average Bonchev–Trinajstić information content (AvgIpc) is 2.15. The van der Waals surface area contributed by atoms with Crippen molar-refractivity contribution in [3.63, 3.8) is 0 Å². The third-order valence-electron chi connectivity index (χ3n) is 3.58. The van der Waals surface area contributed by atoms with Gasteiger partial charge in [0.15, 0.2) is 0 Å². The minimum absolute atomic E-state index is 0.00545. The quantitative estimate of drug-likeness (QED) is 0.845. The lowest BCUT2D eigenvalue weighted by Gasteiger charge is -2.27. The summed E-state index contributed by atoms with van der Waals surface area (Å²) in [6.07, 6.45) is 6.74. The van der Waals surface area contributed by atoms with E-state index >= 15 is 0 Å². The highest BCUT2D eigenvalue weighted by molar-refractivity contribution is 5.14. The van der Waals surface area contributed by atoms with E-state index in [0.29, 0.717) is 12.5 Å². The van der Waals surface area contributed by atoms with Gasteiger partial charge in [0.05, 0.1) is 0 Å². The van der Waals surface area contributed by atoms with Gasteiger partial charge in [-0.1, -0.05) is 20.3 Å². The Kier molecular flexibility index (Phi) is 3.24. The van der Waals surface area contributed by atoms with Crippen molar-refractivity contribution in [3.05, 3.63) is 23.8 Å². The van der Waals surface area contributed by atoms with Crippen LogP contribution in [0.15, 0.2) is 12.3 Å². The summed E-state index contributed by atoms with van der Waals surface area (Å²) in [5.41, 5.74) is 6.85. The van der Waals surface area contributed by atoms with Gasteiger partial charge in [0.25, 0.3) is 0 Å². The minimum Gasteiger partial charge on any atom is -0.330 e. The van der Waals surface area contributed by atoms with Crippen molar-refractivity contribution < 1.29 is 0 Å². The molecular formula is C13H21N3. The third-order valence-corrected chi connectivity index (χ3v) is 3.58. The van der Waals surface area contributed by atoms with Gasteiger partial charge in [-0.05, 0) is 31.9 Å². The first kappa shape index (κ1) is 11.5. The second kappa shape index (κ2) is 4.50. The maximum Gasteiger partial charge on any atom is 0.134 e. The summed E-state index contributed by atoms with van der Waals surface area (Å²) in [5.74, 6) is 1.62. The number of nitrogens with two attached hydrogens (primary N) is 1. The molecule has 0 aromatic carbocycles. The first-order valence-corrected chi connectivity index (χ1v) is 6.17. The van der Waals surface area contributed by atoms with Crippen LogP contribution in [0, 0.1) is 0 Å². The van der Waals surface area contributed by atoms with Gasteiger partial charge in [0.1, 0.15) is 5.82 Å². The number of nitrogens with zero attached hydrogens (tertiary/aromatic N) is 2. The first-order valence-electron chi connectivity index (χ1n) is 6.17. The molecule has 1 saturated carbocycles. The first-order chi connectivity index (χ1) is 7.63. The van der Waals surface area contributed by atoms with Crippen LogP contribution in [0.3, 0.4) is 0 Å². The Bertz CT molecular complexity index is 356. The van der Waals surface area contributed by atoms with Gasteiger partial charge in [0.2, 0.25) is 0 Å². The third kappa shape index (κ3) is 2.24. The Morgan fingerprint density at radius 2 is 2.19 bits per heavy atom. The van der Waals surface area contributed by atoms with Gasteiger partial charge in [-0.3, -0.25) is 0 Å². The molecule has 0 unspecified atom stereocenters. The van der Waals surface area contributed by atoms with E-state index < -0.39 is 0 Å². The van der Waals surface area contributed by atoms with Crippen molar-refractivity contribution >= 4 is 0 Å². The van der Waals surface area contributed by atoms with Crippen LogP contribution in [0.4, 0.5) is 0 Å². The average molecular weight is 219 g/mol. The zero-order valence-electron chi connectivity index (χ0n) is 10.2. The van der Waals surface area contributed by atoms with E-state index in [1.165, 1.54) is 25.0 Å². The number of aromatic nitrogens is 2. The Hall–Kier alpha value is -0.960. The molecule has 3 nitrogen and oxygen atoms in total. The molecule has 1 aromatic heterocycles. The maximum atomic E-state index is 5.63. The maximum absolute atomic E-state index is 5.63. The summed E-state index contributed by atoms with van der Waals surface area (Å²) in [4.78, 5) is 9.12. The molecule has 0 atom stereocenters. The molecule has 0 amide bonds. The zero-order chi connectivity index (χ0) is 11.6. The topological polar surface area (TPSA) is 51.8 Å². The number of rotatable bonds is 4. The Balaban J connectivity index is 2.20. The fraction of sp³-hybridized carbons (Fsp3) is 0.692. The molecule has 1 heterocycles. The molecule has 2 N–H and O–H groups in total. The van der Waals surface area contributed by atoms with Crippen LogP contribution in [-0.2, 0) is 5.41 Å². The number of hydrogen-bond acceptors (Lipinski definition) is 3. The van der Waals surface area contributed by atoms with E-state index in [0.717, 1.165) is 12.2 Å². The smallest absolute Gasteiger partial charge is 0.134 e. The zero-order valence-corrected chi connectivity index (χ0v) is 10.2. The molecule has 1 fully saturated rings. The molecule has 3 heteroatoms. The molecule has 1 aliphatic rings. The predicted molar refractivity (Wildman–Crippen MR) is 65.3 cm³/mol. The lowest BCUT2D eigenvalue weighted by molar-refractivity contribution is 0.400. The van der Waals surface area contributed by atoms with Gasteiger partial charge in [-0.2, -0.15) is 0 Å². The minimum atomic E-state index is -0.00545. The molecule has 1 aromatic rings. The van der Waals surface area contributed by atoms with Crippen molar-refractivity contribution in [2.45, 2.75) is 50.9 Å². The summed E-state index contributed by atoms with van der Waals surface area (Å²) < 4.78 is 0. The van der Waals surface area contributed by atoms with Crippen LogP contribution in [0.5, 0.6) is 0 Å². The van der Waals surface area contributed by atoms with Crippen LogP contribution in [0.2, 0.25) is 0 Å². The van der Waals surface area contributed by atoms with Crippen molar-refractivity contribution in [2.24, 2.45) is 5.73 Å². The van der Waals surface area contributed by atoms with E-state index in [1.807, 2.05) is 6.20 Å². The highest BCUT2D eigenvalue weighted by atomic mass is 14.9. The molecule has 0 bridgehead atoms. The standard InChI is InChI=1S/C13H21N3/c1-13(2,7-8-14)12-15-9-6-11(16-12)10-4-3-5-10/h6,9-10H,3-5,7-8,14H2,1-2H3. The van der Waals surface area contributed by atoms with Crippen molar-refractivity contribution in [1.29, 1.82) is 0 Å². The molecule has 0 saturated heterocycles. The van der Waals surface area contributed by atoms with E-state index in [1.54, 1.807) is 0 Å². The Morgan fingerprint density at radius 1 is 1.44 bits per heavy atom. The number of hydrogen-bond donors (Lipinski definition) is 1. The molecule has 0 spiro atoms. The second-order valence-electron chi connectivity index (χ2n) is 5.36. The van der Waals surface area contributed by atoms with Crippen LogP contribution < -0.4 is 5.73 Å². The van der Waals surface area contributed by atoms with Gasteiger partial charge in [-0.25, -0.2) is 9.97 Å². The van der Waals surface area contributed by atoms with Gasteiger partial charge < -0.3 is 5.73 Å². The summed E-state index contributed by atoms with van der Waals surface area (Å²) in [6, 6.07) is 2.06. The predicted octanol–water partition coefficient (Wildman–Crippen LogP) is 2.37. The highest BCUT2D eigenvalue weighted by Crippen LogP contribution is 2.35. The molecule has 1 aliphatic carbocycles. The van der Waals surface area contributed by atoms with E-state index in [2.05, 4.69) is 24.9 Å². The second-order valence-corrected chi connectivity index (χ2v) is 5.36. The van der Waals surface area contributed by atoms with E-state index in [9.17, 15) is 0 Å². The molecule has 88 valence electrons. The summed E-state index contributed by atoms with van der Waals surface area (Å²) >= 11 is 0. The monoisotopic (exact) mass is 219 g/mol. The van der Waals surface area contributed by atoms with Gasteiger partial charge in [0, 0.05) is 23.2 Å². The van der Waals surface area contributed by atoms with Crippen LogP contribution in [0.1, 0.15) is 57.0 Å². The normalized spacial score (nSPS) is 17.2. The van der Waals surface area contributed by atoms with Crippen molar-refractivity contribution in [1.82, 2.24) is 9.97 Å². The van der Waals surface area contributed by atoms with Crippen molar-refractivity contribution in [2.75, 3.05) is 6.54 Å². The Labute approximate surface area is 97.5 Å². The molecule has 0 radical (unpaired) electrons. The van der Waals surface area contributed by atoms with Crippen LogP contribution in [0.25, 0.3) is 0 Å². The van der Waals surface area contributed by atoms with Gasteiger partial charge >= 0.3 is 0 Å². The van der Waals surface area contributed by atoms with Gasteiger partial charge in [-0.15, -0.1) is 0 Å². The summed E-state index contributed by atoms with van der Waals surface area (Å²) in [6.45, 7) is 5.02. The summed E-state index contributed by atoms with van der Waals surface area (Å²) in [5, 5.41) is 0. The molecular weight excluding hydrogens is 198 g/mol. The van der Waals surface area contributed by atoms with E-state index in [-0.39, 0.29) is 5.41 Å². The molecule has 2 rings (SSSR count). The van der Waals surface area contributed by atoms with Crippen LogP contribution >= 0.6 is 0 Å². The van der Waals surface area contributed by atoms with Crippen LogP contribution in [-0.4, -0.2) is 16.5 Å².